The molecule has 1 aromatic heterocycles. The van der Waals surface area contributed by atoms with Crippen LogP contribution < -0.4 is 5.49 Å². The highest BCUT2D eigenvalue weighted by Crippen LogP contribution is 2.18. The van der Waals surface area contributed by atoms with Crippen LogP contribution in [0.1, 0.15) is 15.9 Å². The molecule has 0 radical (unpaired) electrons. The Hall–Kier alpha value is -2.53. The summed E-state index contributed by atoms with van der Waals surface area (Å²) in [5, 5.41) is 0. The summed E-state index contributed by atoms with van der Waals surface area (Å²) in [4.78, 5) is 16.6. The summed E-state index contributed by atoms with van der Waals surface area (Å²) in [6.45, 7) is 0.610. The Balaban J connectivity index is 1.97. The van der Waals surface area contributed by atoms with E-state index in [2.05, 4.69) is 20.9 Å². The van der Waals surface area contributed by atoms with Gasteiger partial charge in [0, 0.05) is 17.2 Å². The van der Waals surface area contributed by atoms with Crippen molar-refractivity contribution in [3.8, 4) is 0 Å². The minimum absolute atomic E-state index is 0.325. The van der Waals surface area contributed by atoms with Gasteiger partial charge in [0.2, 0.25) is 0 Å². The van der Waals surface area contributed by atoms with Gasteiger partial charge in [-0.1, -0.05) is 36.4 Å². The number of rotatable bonds is 3. The zero-order valence-electron chi connectivity index (χ0n) is 12.7. The van der Waals surface area contributed by atoms with Crippen molar-refractivity contribution in [3.63, 3.8) is 0 Å². The van der Waals surface area contributed by atoms with Gasteiger partial charge in [0.05, 0.1) is 5.56 Å². The lowest BCUT2D eigenvalue weighted by Crippen LogP contribution is -2.22. The second-order valence-electron chi connectivity index (χ2n) is 5.21. The number of pyridine rings is 1. The van der Waals surface area contributed by atoms with E-state index in [1.807, 2.05) is 53.2 Å². The maximum atomic E-state index is 13.2. The second-order valence-corrected chi connectivity index (χ2v) is 6.07. The van der Waals surface area contributed by atoms with Gasteiger partial charge in [0.25, 0.3) is 5.91 Å². The molecule has 2 aromatic carbocycles. The van der Waals surface area contributed by atoms with Crippen molar-refractivity contribution >= 4 is 21.8 Å². The van der Waals surface area contributed by atoms with Gasteiger partial charge in [-0.2, -0.15) is 4.99 Å². The molecule has 3 nitrogen and oxygen atoms in total. The first-order chi connectivity index (χ1) is 11.6. The number of carbonyl (C=O) groups is 1. The SMILES string of the molecule is O=C(N=c1ccccn1Cc1ccccc1)c1ccc(F)cc1Br. The molecule has 0 atom stereocenters. The number of nitrogens with zero attached hydrogens (tertiary/aromatic N) is 2. The first kappa shape index (κ1) is 16.3. The highest BCUT2D eigenvalue weighted by molar-refractivity contribution is 9.10. The Bertz CT molecular complexity index is 935. The average Bonchev–Trinajstić information content (AvgIpc) is 2.57. The summed E-state index contributed by atoms with van der Waals surface area (Å²) in [7, 11) is 0. The van der Waals surface area contributed by atoms with Crippen LogP contribution in [-0.2, 0) is 6.54 Å². The minimum Gasteiger partial charge on any atom is -0.328 e. The lowest BCUT2D eigenvalue weighted by Gasteiger charge is -2.07. The van der Waals surface area contributed by atoms with E-state index in [9.17, 15) is 9.18 Å². The lowest BCUT2D eigenvalue weighted by molar-refractivity contribution is 0.0996. The fourth-order valence-corrected chi connectivity index (χ4v) is 2.83. The maximum absolute atomic E-state index is 13.2. The third kappa shape index (κ3) is 3.86. The summed E-state index contributed by atoms with van der Waals surface area (Å²) in [6.07, 6.45) is 1.87. The van der Waals surface area contributed by atoms with E-state index < -0.39 is 11.7 Å². The molecular formula is C19H14BrFN2O. The third-order valence-electron chi connectivity index (χ3n) is 3.49. The highest BCUT2D eigenvalue weighted by atomic mass is 79.9. The molecule has 1 amide bonds. The van der Waals surface area contributed by atoms with Crippen LogP contribution in [0.5, 0.6) is 0 Å². The molecule has 0 saturated carbocycles. The molecule has 1 heterocycles. The maximum Gasteiger partial charge on any atom is 0.280 e. The van der Waals surface area contributed by atoms with Crippen LogP contribution in [-0.4, -0.2) is 10.5 Å². The Kier molecular flexibility index (Phi) is 5.01. The normalized spacial score (nSPS) is 11.5. The summed E-state index contributed by atoms with van der Waals surface area (Å²) in [6, 6.07) is 19.3. The fraction of sp³-hybridized carbons (Fsp3) is 0.0526. The van der Waals surface area contributed by atoms with Crippen molar-refractivity contribution in [2.45, 2.75) is 6.54 Å². The summed E-state index contributed by atoms with van der Waals surface area (Å²) in [5.74, 6) is -0.827. The zero-order valence-corrected chi connectivity index (χ0v) is 14.3. The highest BCUT2D eigenvalue weighted by Gasteiger charge is 2.10. The van der Waals surface area contributed by atoms with E-state index in [4.69, 9.17) is 0 Å². The topological polar surface area (TPSA) is 34.4 Å². The molecule has 0 aliphatic heterocycles. The van der Waals surface area contributed by atoms with Crippen molar-refractivity contribution < 1.29 is 9.18 Å². The van der Waals surface area contributed by atoms with E-state index in [1.165, 1.54) is 18.2 Å². The smallest absolute Gasteiger partial charge is 0.280 e. The molecule has 0 N–H and O–H groups in total. The van der Waals surface area contributed by atoms with Gasteiger partial charge in [-0.15, -0.1) is 0 Å². The van der Waals surface area contributed by atoms with E-state index in [0.717, 1.165) is 5.56 Å². The number of carbonyl (C=O) groups excluding carboxylic acids is 1. The summed E-state index contributed by atoms with van der Waals surface area (Å²) >= 11 is 3.21. The van der Waals surface area contributed by atoms with Gasteiger partial charge in [-0.25, -0.2) is 4.39 Å². The molecule has 0 aliphatic rings. The monoisotopic (exact) mass is 384 g/mol. The van der Waals surface area contributed by atoms with Crippen LogP contribution in [0.3, 0.4) is 0 Å². The van der Waals surface area contributed by atoms with Crippen LogP contribution in [0.25, 0.3) is 0 Å². The summed E-state index contributed by atoms with van der Waals surface area (Å²) in [5.41, 5.74) is 1.98. The molecule has 3 rings (SSSR count). The molecule has 0 bridgehead atoms. The standard InChI is InChI=1S/C19H14BrFN2O/c20-17-12-15(21)9-10-16(17)19(24)22-18-8-4-5-11-23(18)13-14-6-2-1-3-7-14/h1-12H,13H2. The molecule has 0 aliphatic carbocycles. The largest absolute Gasteiger partial charge is 0.328 e. The molecule has 0 spiro atoms. The Morgan fingerprint density at radius 2 is 1.79 bits per heavy atom. The number of halogens is 2. The Labute approximate surface area is 147 Å². The number of hydrogen-bond donors (Lipinski definition) is 0. The van der Waals surface area contributed by atoms with Crippen molar-refractivity contribution in [1.29, 1.82) is 0 Å². The van der Waals surface area contributed by atoms with Crippen molar-refractivity contribution in [3.05, 3.63) is 99.8 Å². The molecule has 0 fully saturated rings. The minimum atomic E-state index is -0.421. The van der Waals surface area contributed by atoms with E-state index in [-0.39, 0.29) is 0 Å². The van der Waals surface area contributed by atoms with Crippen LogP contribution in [0.4, 0.5) is 4.39 Å². The average molecular weight is 385 g/mol. The Morgan fingerprint density at radius 1 is 1.04 bits per heavy atom. The van der Waals surface area contributed by atoms with E-state index in [1.54, 1.807) is 6.07 Å². The van der Waals surface area contributed by atoms with E-state index >= 15 is 0 Å². The molecule has 120 valence electrons. The van der Waals surface area contributed by atoms with Gasteiger partial charge >= 0.3 is 0 Å². The molecular weight excluding hydrogens is 371 g/mol. The number of benzene rings is 2. The quantitative estimate of drug-likeness (QED) is 0.666. The zero-order chi connectivity index (χ0) is 16.9. The number of hydrogen-bond acceptors (Lipinski definition) is 1. The van der Waals surface area contributed by atoms with Crippen LogP contribution in [0.15, 0.2) is 82.4 Å². The molecule has 24 heavy (non-hydrogen) atoms. The van der Waals surface area contributed by atoms with Gasteiger partial charge < -0.3 is 4.57 Å². The van der Waals surface area contributed by atoms with Gasteiger partial charge in [0.1, 0.15) is 11.3 Å². The Morgan fingerprint density at radius 3 is 2.54 bits per heavy atom. The molecule has 0 saturated heterocycles. The van der Waals surface area contributed by atoms with Crippen LogP contribution >= 0.6 is 15.9 Å². The van der Waals surface area contributed by atoms with Gasteiger partial charge in [0.15, 0.2) is 0 Å². The molecule has 3 aromatic rings. The summed E-state index contributed by atoms with van der Waals surface area (Å²) < 4.78 is 15.5. The predicted octanol–water partition coefficient (Wildman–Crippen LogP) is 4.18. The van der Waals surface area contributed by atoms with Crippen molar-refractivity contribution in [2.75, 3.05) is 0 Å². The third-order valence-corrected chi connectivity index (χ3v) is 4.15. The van der Waals surface area contributed by atoms with Gasteiger partial charge in [-0.05, 0) is 51.8 Å². The van der Waals surface area contributed by atoms with Crippen LogP contribution in [0.2, 0.25) is 0 Å². The first-order valence-corrected chi connectivity index (χ1v) is 8.16. The predicted molar refractivity (Wildman–Crippen MR) is 94.0 cm³/mol. The number of aromatic nitrogens is 1. The van der Waals surface area contributed by atoms with E-state index in [0.29, 0.717) is 22.1 Å². The number of amides is 1. The van der Waals surface area contributed by atoms with Gasteiger partial charge in [-0.3, -0.25) is 4.79 Å². The molecule has 5 heteroatoms. The first-order valence-electron chi connectivity index (χ1n) is 7.37. The van der Waals surface area contributed by atoms with Crippen molar-refractivity contribution in [2.24, 2.45) is 4.99 Å². The van der Waals surface area contributed by atoms with Crippen LogP contribution in [0, 0.1) is 5.82 Å². The second kappa shape index (κ2) is 7.36. The lowest BCUT2D eigenvalue weighted by atomic mass is 10.2. The molecule has 0 unspecified atom stereocenters. The fourth-order valence-electron chi connectivity index (χ4n) is 2.31. The van der Waals surface area contributed by atoms with Crippen molar-refractivity contribution in [1.82, 2.24) is 4.57 Å².